The lowest BCUT2D eigenvalue weighted by molar-refractivity contribution is -0.116. The molecule has 0 radical (unpaired) electrons. The van der Waals surface area contributed by atoms with Crippen LogP contribution in [-0.2, 0) is 21.2 Å². The van der Waals surface area contributed by atoms with Gasteiger partial charge in [-0.15, -0.1) is 0 Å². The van der Waals surface area contributed by atoms with Gasteiger partial charge < -0.3 is 5.32 Å². The van der Waals surface area contributed by atoms with Crippen LogP contribution < -0.4 is 10.0 Å². The molecule has 0 saturated heterocycles. The van der Waals surface area contributed by atoms with E-state index in [1.807, 2.05) is 0 Å². The Morgan fingerprint density at radius 3 is 2.78 bits per heavy atom. The molecule has 124 valence electrons. The highest BCUT2D eigenvalue weighted by molar-refractivity contribution is 7.89. The van der Waals surface area contributed by atoms with Crippen molar-refractivity contribution in [3.8, 4) is 0 Å². The largest absolute Gasteiger partial charge is 0.326 e. The van der Waals surface area contributed by atoms with Crippen molar-refractivity contribution in [1.29, 1.82) is 0 Å². The summed E-state index contributed by atoms with van der Waals surface area (Å²) in [5.41, 5.74) is 2.95. The molecule has 23 heavy (non-hydrogen) atoms. The first kappa shape index (κ1) is 16.2. The zero-order valence-electron chi connectivity index (χ0n) is 13.1. The quantitative estimate of drug-likeness (QED) is 0.813. The lowest BCUT2D eigenvalue weighted by Gasteiger charge is -2.18. The number of carbonyl (C=O) groups excluding carboxylic acids is 1. The maximum absolute atomic E-state index is 12.4. The summed E-state index contributed by atoms with van der Waals surface area (Å²) in [5.74, 6) is -0.0213. The van der Waals surface area contributed by atoms with E-state index in [9.17, 15) is 13.2 Å². The number of nitrogens with one attached hydrogen (secondary N) is 2. The number of sulfonamides is 1. The highest BCUT2D eigenvalue weighted by atomic mass is 32.2. The Bertz CT molecular complexity index is 738. The summed E-state index contributed by atoms with van der Waals surface area (Å²) in [7, 11) is -3.50. The maximum atomic E-state index is 12.4. The van der Waals surface area contributed by atoms with E-state index in [4.69, 9.17) is 0 Å². The van der Waals surface area contributed by atoms with Crippen LogP contribution in [0.4, 0.5) is 5.69 Å². The predicted octanol–water partition coefficient (Wildman–Crippen LogP) is 2.74. The third-order valence-electron chi connectivity index (χ3n) is 4.41. The van der Waals surface area contributed by atoms with Gasteiger partial charge in [0, 0.05) is 18.7 Å². The Morgan fingerprint density at radius 1 is 1.13 bits per heavy atom. The van der Waals surface area contributed by atoms with Crippen molar-refractivity contribution in [3.05, 3.63) is 35.4 Å². The summed E-state index contributed by atoms with van der Waals surface area (Å²) < 4.78 is 27.5. The Balaban J connectivity index is 1.65. The monoisotopic (exact) mass is 334 g/mol. The number of anilines is 1. The maximum Gasteiger partial charge on any atom is 0.240 e. The molecule has 1 amide bonds. The van der Waals surface area contributed by atoms with Gasteiger partial charge in [-0.3, -0.25) is 4.79 Å². The van der Waals surface area contributed by atoms with Gasteiger partial charge in [0.05, 0.1) is 4.90 Å². The minimum absolute atomic E-state index is 0.0213. The Kier molecular flexibility index (Phi) is 4.82. The van der Waals surface area contributed by atoms with Crippen LogP contribution in [0.2, 0.25) is 0 Å². The van der Waals surface area contributed by atoms with Crippen molar-refractivity contribution in [2.75, 3.05) is 11.9 Å². The summed E-state index contributed by atoms with van der Waals surface area (Å²) in [6.45, 7) is 0.433. The van der Waals surface area contributed by atoms with Gasteiger partial charge in [0.25, 0.3) is 0 Å². The standard InChI is InChI=1S/C17H22N2O3S/c20-17-9-6-14-12-15(7-8-16(14)19-17)23(21,22)18-11-10-13-4-2-1-3-5-13/h4,7-8,12,18H,1-3,5-6,9-11H2,(H,19,20). The van der Waals surface area contributed by atoms with Crippen molar-refractivity contribution in [1.82, 2.24) is 4.72 Å². The molecule has 2 N–H and O–H groups in total. The van der Waals surface area contributed by atoms with E-state index in [1.54, 1.807) is 18.2 Å². The van der Waals surface area contributed by atoms with Gasteiger partial charge in [-0.2, -0.15) is 0 Å². The van der Waals surface area contributed by atoms with Crippen molar-refractivity contribution < 1.29 is 13.2 Å². The highest BCUT2D eigenvalue weighted by Gasteiger charge is 2.19. The SMILES string of the molecule is O=C1CCc2cc(S(=O)(=O)NCCC3=CCCCC3)ccc2N1. The zero-order chi connectivity index (χ0) is 16.3. The summed E-state index contributed by atoms with van der Waals surface area (Å²) in [5, 5.41) is 2.76. The van der Waals surface area contributed by atoms with Crippen LogP contribution in [0, 0.1) is 0 Å². The van der Waals surface area contributed by atoms with Gasteiger partial charge in [-0.1, -0.05) is 11.6 Å². The molecule has 2 aliphatic rings. The molecule has 5 nitrogen and oxygen atoms in total. The molecule has 3 rings (SSSR count). The smallest absolute Gasteiger partial charge is 0.240 e. The van der Waals surface area contributed by atoms with Crippen LogP contribution in [0.25, 0.3) is 0 Å². The summed E-state index contributed by atoms with van der Waals surface area (Å²) >= 11 is 0. The fourth-order valence-electron chi connectivity index (χ4n) is 3.09. The second kappa shape index (κ2) is 6.84. The normalized spacial score (nSPS) is 18.1. The summed E-state index contributed by atoms with van der Waals surface area (Å²) in [6.07, 6.45) is 8.63. The van der Waals surface area contributed by atoms with Crippen LogP contribution >= 0.6 is 0 Å². The fourth-order valence-corrected chi connectivity index (χ4v) is 4.17. The van der Waals surface area contributed by atoms with E-state index in [0.29, 0.717) is 25.1 Å². The van der Waals surface area contributed by atoms with Crippen LogP contribution in [0.3, 0.4) is 0 Å². The van der Waals surface area contributed by atoms with Crippen LogP contribution in [0.1, 0.15) is 44.1 Å². The molecule has 0 unspecified atom stereocenters. The van der Waals surface area contributed by atoms with Crippen molar-refractivity contribution in [3.63, 3.8) is 0 Å². The minimum Gasteiger partial charge on any atom is -0.326 e. The first-order chi connectivity index (χ1) is 11.0. The van der Waals surface area contributed by atoms with Gasteiger partial charge in [-0.25, -0.2) is 13.1 Å². The average molecular weight is 334 g/mol. The number of benzene rings is 1. The molecule has 1 aromatic rings. The Hall–Kier alpha value is -1.66. The second-order valence-corrected chi connectivity index (χ2v) is 7.89. The van der Waals surface area contributed by atoms with E-state index in [0.717, 1.165) is 24.8 Å². The van der Waals surface area contributed by atoms with Crippen LogP contribution in [0.5, 0.6) is 0 Å². The van der Waals surface area contributed by atoms with Crippen molar-refractivity contribution in [2.45, 2.75) is 49.8 Å². The lowest BCUT2D eigenvalue weighted by Crippen LogP contribution is -2.26. The number of hydrogen-bond donors (Lipinski definition) is 2. The fraction of sp³-hybridized carbons (Fsp3) is 0.471. The minimum atomic E-state index is -3.50. The van der Waals surface area contributed by atoms with E-state index in [2.05, 4.69) is 16.1 Å². The molecule has 0 bridgehead atoms. The molecule has 1 aliphatic heterocycles. The van der Waals surface area contributed by atoms with Gasteiger partial charge in [0.1, 0.15) is 0 Å². The summed E-state index contributed by atoms with van der Waals surface area (Å²) in [6, 6.07) is 4.88. The number of carbonyl (C=O) groups is 1. The van der Waals surface area contributed by atoms with E-state index in [-0.39, 0.29) is 10.8 Å². The molecule has 0 saturated carbocycles. The highest BCUT2D eigenvalue weighted by Crippen LogP contribution is 2.25. The first-order valence-electron chi connectivity index (χ1n) is 8.15. The van der Waals surface area contributed by atoms with Gasteiger partial charge in [0.15, 0.2) is 0 Å². The molecular formula is C17H22N2O3S. The number of allylic oxidation sites excluding steroid dienone is 1. The topological polar surface area (TPSA) is 75.3 Å². The van der Waals surface area contributed by atoms with Gasteiger partial charge in [0.2, 0.25) is 15.9 Å². The third kappa shape index (κ3) is 4.00. The molecule has 1 aromatic carbocycles. The van der Waals surface area contributed by atoms with Gasteiger partial charge in [-0.05, 0) is 62.3 Å². The van der Waals surface area contributed by atoms with E-state index < -0.39 is 10.0 Å². The molecule has 1 aliphatic carbocycles. The van der Waals surface area contributed by atoms with Crippen molar-refractivity contribution >= 4 is 21.6 Å². The zero-order valence-corrected chi connectivity index (χ0v) is 13.9. The van der Waals surface area contributed by atoms with Crippen LogP contribution in [-0.4, -0.2) is 20.9 Å². The summed E-state index contributed by atoms with van der Waals surface area (Å²) in [4.78, 5) is 11.6. The number of fused-ring (bicyclic) bond motifs is 1. The first-order valence-corrected chi connectivity index (χ1v) is 9.63. The van der Waals surface area contributed by atoms with E-state index >= 15 is 0 Å². The predicted molar refractivity (Wildman–Crippen MR) is 89.7 cm³/mol. The van der Waals surface area contributed by atoms with Crippen molar-refractivity contribution in [2.24, 2.45) is 0 Å². The molecular weight excluding hydrogens is 312 g/mol. The number of rotatable bonds is 5. The molecule has 0 aromatic heterocycles. The van der Waals surface area contributed by atoms with E-state index in [1.165, 1.54) is 18.4 Å². The third-order valence-corrected chi connectivity index (χ3v) is 5.86. The Morgan fingerprint density at radius 2 is 2.00 bits per heavy atom. The number of hydrogen-bond acceptors (Lipinski definition) is 3. The molecule has 6 heteroatoms. The number of aryl methyl sites for hydroxylation is 1. The second-order valence-electron chi connectivity index (χ2n) is 6.12. The number of amides is 1. The molecule has 0 fully saturated rings. The molecule has 0 atom stereocenters. The molecule has 0 spiro atoms. The molecule has 1 heterocycles. The van der Waals surface area contributed by atoms with Crippen LogP contribution in [0.15, 0.2) is 34.7 Å². The van der Waals surface area contributed by atoms with Gasteiger partial charge >= 0.3 is 0 Å². The lowest BCUT2D eigenvalue weighted by atomic mass is 9.97. The Labute approximate surface area is 137 Å². The average Bonchev–Trinajstić information content (AvgIpc) is 2.55.